The Labute approximate surface area is 63.1 Å². The highest BCUT2D eigenvalue weighted by Gasteiger charge is 2.11. The minimum Gasteiger partial charge on any atom is -0.460 e. The summed E-state index contributed by atoms with van der Waals surface area (Å²) < 4.78 is 9.14. The molecule has 1 rings (SSSR count). The summed E-state index contributed by atoms with van der Waals surface area (Å²) in [6.45, 7) is 2.01. The van der Waals surface area contributed by atoms with Gasteiger partial charge < -0.3 is 15.0 Å². The van der Waals surface area contributed by atoms with Crippen LogP contribution in [0, 0.1) is 0 Å². The summed E-state index contributed by atoms with van der Waals surface area (Å²) in [5.41, 5.74) is 5.20. The quantitative estimate of drug-likeness (QED) is 0.628. The molecular formula is C6H8N2O3. The summed E-state index contributed by atoms with van der Waals surface area (Å²) in [4.78, 5) is 10.8. The normalized spacial score (nSPS) is 9.55. The van der Waals surface area contributed by atoms with Crippen molar-refractivity contribution in [3.05, 3.63) is 11.8 Å². The number of hydrogen-bond acceptors (Lipinski definition) is 5. The van der Waals surface area contributed by atoms with E-state index in [2.05, 4.69) is 14.4 Å². The molecule has 60 valence electrons. The standard InChI is InChI=1S/C6H8N2O3/c1-2-10-6(9)4-3-5(7)8-11-4/h3H,2H2,1H3,(H2,7,8). The lowest BCUT2D eigenvalue weighted by molar-refractivity contribution is 0.0480. The van der Waals surface area contributed by atoms with Gasteiger partial charge in [0.15, 0.2) is 5.82 Å². The molecule has 1 heterocycles. The van der Waals surface area contributed by atoms with E-state index < -0.39 is 5.97 Å². The third-order valence-electron chi connectivity index (χ3n) is 1.00. The number of hydrogen-bond donors (Lipinski definition) is 1. The van der Waals surface area contributed by atoms with Crippen molar-refractivity contribution in [3.8, 4) is 0 Å². The van der Waals surface area contributed by atoms with Crippen LogP contribution in [0.1, 0.15) is 17.5 Å². The largest absolute Gasteiger partial charge is 0.460 e. The van der Waals surface area contributed by atoms with Gasteiger partial charge in [0, 0.05) is 6.07 Å². The molecule has 1 aromatic heterocycles. The van der Waals surface area contributed by atoms with Crippen molar-refractivity contribution < 1.29 is 14.1 Å². The van der Waals surface area contributed by atoms with Crippen LogP contribution in [0.25, 0.3) is 0 Å². The Hall–Kier alpha value is -1.52. The van der Waals surface area contributed by atoms with Crippen LogP contribution in [0.4, 0.5) is 5.82 Å². The third kappa shape index (κ3) is 1.70. The Morgan fingerprint density at radius 1 is 1.91 bits per heavy atom. The molecule has 0 radical (unpaired) electrons. The van der Waals surface area contributed by atoms with Gasteiger partial charge >= 0.3 is 5.97 Å². The number of carbonyl (C=O) groups excluding carboxylic acids is 1. The Morgan fingerprint density at radius 2 is 2.64 bits per heavy atom. The second-order valence-corrected chi connectivity index (χ2v) is 1.84. The van der Waals surface area contributed by atoms with Gasteiger partial charge in [0.05, 0.1) is 6.61 Å². The molecule has 0 aromatic carbocycles. The van der Waals surface area contributed by atoms with E-state index in [1.165, 1.54) is 6.07 Å². The van der Waals surface area contributed by atoms with Gasteiger partial charge in [0.2, 0.25) is 5.76 Å². The van der Waals surface area contributed by atoms with Crippen LogP contribution in [0.3, 0.4) is 0 Å². The smallest absolute Gasteiger partial charge is 0.377 e. The molecule has 0 aliphatic rings. The van der Waals surface area contributed by atoms with Crippen LogP contribution in [-0.2, 0) is 4.74 Å². The second-order valence-electron chi connectivity index (χ2n) is 1.84. The van der Waals surface area contributed by atoms with Gasteiger partial charge in [-0.3, -0.25) is 0 Å². The molecular weight excluding hydrogens is 148 g/mol. The van der Waals surface area contributed by atoms with Crippen molar-refractivity contribution in [2.24, 2.45) is 0 Å². The number of nitrogens with two attached hydrogens (primary N) is 1. The summed E-state index contributed by atoms with van der Waals surface area (Å²) >= 11 is 0. The van der Waals surface area contributed by atoms with Crippen LogP contribution >= 0.6 is 0 Å². The van der Waals surface area contributed by atoms with E-state index in [0.29, 0.717) is 6.61 Å². The van der Waals surface area contributed by atoms with Crippen molar-refractivity contribution in [2.45, 2.75) is 6.92 Å². The van der Waals surface area contributed by atoms with Crippen LogP contribution < -0.4 is 5.73 Å². The van der Waals surface area contributed by atoms with Crippen molar-refractivity contribution in [3.63, 3.8) is 0 Å². The fraction of sp³-hybridized carbons (Fsp3) is 0.333. The average molecular weight is 156 g/mol. The minimum absolute atomic E-state index is 0.0318. The Balaban J connectivity index is 2.69. The van der Waals surface area contributed by atoms with Crippen molar-refractivity contribution in [1.82, 2.24) is 5.16 Å². The molecule has 5 nitrogen and oxygen atoms in total. The number of ether oxygens (including phenoxy) is 1. The van der Waals surface area contributed by atoms with Crippen molar-refractivity contribution in [1.29, 1.82) is 0 Å². The zero-order chi connectivity index (χ0) is 8.27. The topological polar surface area (TPSA) is 78.4 Å². The zero-order valence-corrected chi connectivity index (χ0v) is 6.03. The number of carbonyl (C=O) groups is 1. The van der Waals surface area contributed by atoms with Gasteiger partial charge in [0.25, 0.3) is 0 Å². The molecule has 0 atom stereocenters. The predicted octanol–water partition coefficient (Wildman–Crippen LogP) is 0.434. The number of esters is 1. The van der Waals surface area contributed by atoms with Crippen LogP contribution in [-0.4, -0.2) is 17.7 Å². The molecule has 0 saturated heterocycles. The van der Waals surface area contributed by atoms with E-state index in [0.717, 1.165) is 0 Å². The van der Waals surface area contributed by atoms with Gasteiger partial charge in [-0.05, 0) is 6.92 Å². The molecule has 11 heavy (non-hydrogen) atoms. The highest BCUT2D eigenvalue weighted by Crippen LogP contribution is 2.05. The number of aromatic nitrogens is 1. The molecule has 0 aliphatic heterocycles. The number of nitrogen functional groups attached to an aromatic ring is 1. The van der Waals surface area contributed by atoms with Gasteiger partial charge in [0.1, 0.15) is 0 Å². The van der Waals surface area contributed by atoms with E-state index in [4.69, 9.17) is 5.73 Å². The van der Waals surface area contributed by atoms with Crippen molar-refractivity contribution in [2.75, 3.05) is 12.3 Å². The fourth-order valence-corrected chi connectivity index (χ4v) is 0.587. The number of rotatable bonds is 2. The monoisotopic (exact) mass is 156 g/mol. The molecule has 0 unspecified atom stereocenters. The zero-order valence-electron chi connectivity index (χ0n) is 6.03. The molecule has 0 saturated carbocycles. The molecule has 0 spiro atoms. The average Bonchev–Trinajstić information content (AvgIpc) is 2.36. The highest BCUT2D eigenvalue weighted by molar-refractivity contribution is 5.86. The predicted molar refractivity (Wildman–Crippen MR) is 36.9 cm³/mol. The Morgan fingerprint density at radius 3 is 3.09 bits per heavy atom. The van der Waals surface area contributed by atoms with E-state index in [-0.39, 0.29) is 11.6 Å². The molecule has 0 bridgehead atoms. The summed E-state index contributed by atoms with van der Waals surface area (Å²) in [5.74, 6) is -0.339. The summed E-state index contributed by atoms with van der Waals surface area (Å²) in [6.07, 6.45) is 0. The molecule has 2 N–H and O–H groups in total. The van der Waals surface area contributed by atoms with E-state index in [9.17, 15) is 4.79 Å². The first kappa shape index (κ1) is 7.59. The summed E-state index contributed by atoms with van der Waals surface area (Å²) in [6, 6.07) is 1.32. The lowest BCUT2D eigenvalue weighted by Crippen LogP contribution is -2.02. The first-order valence-corrected chi connectivity index (χ1v) is 3.13. The summed E-state index contributed by atoms with van der Waals surface area (Å²) in [7, 11) is 0. The third-order valence-corrected chi connectivity index (χ3v) is 1.00. The van der Waals surface area contributed by atoms with E-state index in [1.54, 1.807) is 6.92 Å². The van der Waals surface area contributed by atoms with Crippen LogP contribution in [0.5, 0.6) is 0 Å². The maximum atomic E-state index is 10.8. The summed E-state index contributed by atoms with van der Waals surface area (Å²) in [5, 5.41) is 3.32. The van der Waals surface area contributed by atoms with E-state index >= 15 is 0 Å². The van der Waals surface area contributed by atoms with Crippen LogP contribution in [0.2, 0.25) is 0 Å². The minimum atomic E-state index is -0.545. The van der Waals surface area contributed by atoms with Gasteiger partial charge in [-0.15, -0.1) is 0 Å². The Bertz CT molecular complexity index is 256. The SMILES string of the molecule is CCOC(=O)c1cc(N)no1. The van der Waals surface area contributed by atoms with Crippen LogP contribution in [0.15, 0.2) is 10.6 Å². The first-order chi connectivity index (χ1) is 5.24. The first-order valence-electron chi connectivity index (χ1n) is 3.13. The molecule has 0 fully saturated rings. The second kappa shape index (κ2) is 3.05. The van der Waals surface area contributed by atoms with Gasteiger partial charge in [-0.1, -0.05) is 5.16 Å². The number of nitrogens with zero attached hydrogens (tertiary/aromatic N) is 1. The van der Waals surface area contributed by atoms with Gasteiger partial charge in [-0.2, -0.15) is 0 Å². The Kier molecular flexibility index (Phi) is 2.10. The molecule has 0 amide bonds. The molecule has 1 aromatic rings. The lowest BCUT2D eigenvalue weighted by atomic mass is 10.4. The number of anilines is 1. The van der Waals surface area contributed by atoms with Crippen molar-refractivity contribution >= 4 is 11.8 Å². The van der Waals surface area contributed by atoms with E-state index in [1.807, 2.05) is 0 Å². The molecule has 0 aliphatic carbocycles. The van der Waals surface area contributed by atoms with Gasteiger partial charge in [-0.25, -0.2) is 4.79 Å². The fourth-order valence-electron chi connectivity index (χ4n) is 0.587. The maximum absolute atomic E-state index is 10.8. The lowest BCUT2D eigenvalue weighted by Gasteiger charge is -1.93. The highest BCUT2D eigenvalue weighted by atomic mass is 16.6. The molecule has 5 heteroatoms. The maximum Gasteiger partial charge on any atom is 0.377 e.